The van der Waals surface area contributed by atoms with Crippen molar-refractivity contribution in [2.45, 2.75) is 0 Å². The maximum absolute atomic E-state index is 9.49. The predicted octanol–water partition coefficient (Wildman–Crippen LogP) is -0.432. The minimum atomic E-state index is -4.29. The Kier molecular flexibility index (Phi) is 6.12. The third kappa shape index (κ3) is 9.67. The normalized spacial score (nSPS) is 9.12. The topological polar surface area (TPSA) is 63.6 Å². The smallest absolute Gasteiger partial charge is 0.370 e. The Labute approximate surface area is 69.8 Å². The van der Waals surface area contributed by atoms with Gasteiger partial charge in [0.25, 0.3) is 0 Å². The van der Waals surface area contributed by atoms with Gasteiger partial charge in [0, 0.05) is 29.6 Å². The molecule has 0 aromatic heterocycles. The maximum Gasteiger partial charge on any atom is 0.445 e. The molecule has 8 heavy (non-hydrogen) atoms. The van der Waals surface area contributed by atoms with Gasteiger partial charge < -0.3 is 4.18 Å². The molecule has 0 saturated heterocycles. The van der Waals surface area contributed by atoms with Gasteiger partial charge in [0.2, 0.25) is 0 Å². The SMILES string of the molecule is C=COS(=O)(=O)O.[Na]. The Hall–Kier alpha value is 0.450. The second-order valence-electron chi connectivity index (χ2n) is 0.691. The Morgan fingerprint density at radius 3 is 2.00 bits per heavy atom. The minimum Gasteiger partial charge on any atom is -0.370 e. The maximum atomic E-state index is 9.49. The summed E-state index contributed by atoms with van der Waals surface area (Å²) in [5, 5.41) is 0. The average molecular weight is 147 g/mol. The van der Waals surface area contributed by atoms with Crippen LogP contribution >= 0.6 is 0 Å². The van der Waals surface area contributed by atoms with E-state index in [0.29, 0.717) is 6.26 Å². The van der Waals surface area contributed by atoms with Gasteiger partial charge in [0.1, 0.15) is 6.26 Å². The summed E-state index contributed by atoms with van der Waals surface area (Å²) in [7, 11) is -4.29. The van der Waals surface area contributed by atoms with Crippen molar-refractivity contribution in [3.8, 4) is 0 Å². The molecule has 0 aliphatic heterocycles. The van der Waals surface area contributed by atoms with Crippen LogP contribution in [0.5, 0.6) is 0 Å². The molecule has 0 atom stereocenters. The third-order valence-corrected chi connectivity index (χ3v) is 0.569. The number of hydrogen-bond donors (Lipinski definition) is 1. The van der Waals surface area contributed by atoms with Crippen molar-refractivity contribution < 1.29 is 17.2 Å². The average Bonchev–Trinajstić information content (AvgIpc) is 1.30. The molecule has 1 radical (unpaired) electrons. The Bertz CT molecular complexity index is 147. The zero-order chi connectivity index (χ0) is 5.91. The van der Waals surface area contributed by atoms with E-state index in [9.17, 15) is 8.42 Å². The zero-order valence-corrected chi connectivity index (χ0v) is 7.18. The molecule has 0 aliphatic carbocycles. The van der Waals surface area contributed by atoms with Crippen molar-refractivity contribution in [1.29, 1.82) is 0 Å². The first-order valence-electron chi connectivity index (χ1n) is 1.33. The quantitative estimate of drug-likeness (QED) is 0.327. The van der Waals surface area contributed by atoms with E-state index in [1.54, 1.807) is 0 Å². The molecule has 0 unspecified atom stereocenters. The van der Waals surface area contributed by atoms with Gasteiger partial charge in [-0.25, -0.2) is 0 Å². The molecule has 0 rings (SSSR count). The van der Waals surface area contributed by atoms with Crippen molar-refractivity contribution in [1.82, 2.24) is 0 Å². The van der Waals surface area contributed by atoms with Gasteiger partial charge in [-0.1, -0.05) is 6.58 Å². The van der Waals surface area contributed by atoms with Gasteiger partial charge in [-0.15, -0.1) is 0 Å². The van der Waals surface area contributed by atoms with E-state index in [1.165, 1.54) is 0 Å². The molecule has 0 amide bonds. The van der Waals surface area contributed by atoms with E-state index in [4.69, 9.17) is 4.55 Å². The van der Waals surface area contributed by atoms with Crippen molar-refractivity contribution in [2.24, 2.45) is 0 Å². The molecular weight excluding hydrogens is 143 g/mol. The molecule has 4 nitrogen and oxygen atoms in total. The Morgan fingerprint density at radius 2 is 2.00 bits per heavy atom. The molecule has 0 saturated carbocycles. The fraction of sp³-hybridized carbons (Fsp3) is 0. The van der Waals surface area contributed by atoms with Crippen LogP contribution in [0.3, 0.4) is 0 Å². The van der Waals surface area contributed by atoms with Crippen LogP contribution in [0.1, 0.15) is 0 Å². The molecule has 0 aromatic carbocycles. The molecule has 43 valence electrons. The molecule has 0 aromatic rings. The monoisotopic (exact) mass is 147 g/mol. The molecule has 0 spiro atoms. The largest absolute Gasteiger partial charge is 0.445 e. The van der Waals surface area contributed by atoms with E-state index < -0.39 is 10.4 Å². The standard InChI is InChI=1S/C2H4O4S.Na/c1-2-6-7(3,4)5;/h2H,1H2,(H,3,4,5);. The molecular formula is C2H4NaO4S. The summed E-state index contributed by atoms with van der Waals surface area (Å²) in [4.78, 5) is 0. The van der Waals surface area contributed by atoms with Crippen molar-refractivity contribution in [3.63, 3.8) is 0 Å². The van der Waals surface area contributed by atoms with E-state index >= 15 is 0 Å². The van der Waals surface area contributed by atoms with Crippen LogP contribution in [0.4, 0.5) is 0 Å². The summed E-state index contributed by atoms with van der Waals surface area (Å²) < 4.78 is 30.2. The second-order valence-corrected chi connectivity index (χ2v) is 1.74. The number of rotatable bonds is 2. The van der Waals surface area contributed by atoms with Crippen LogP contribution in [0.15, 0.2) is 12.8 Å². The van der Waals surface area contributed by atoms with Gasteiger partial charge in [-0.3, -0.25) is 4.55 Å². The van der Waals surface area contributed by atoms with Crippen LogP contribution in [-0.4, -0.2) is 42.5 Å². The van der Waals surface area contributed by atoms with E-state index in [1.807, 2.05) is 0 Å². The summed E-state index contributed by atoms with van der Waals surface area (Å²) in [5.74, 6) is 0. The first-order chi connectivity index (χ1) is 3.06. The third-order valence-electron chi connectivity index (χ3n) is 0.190. The molecule has 0 heterocycles. The predicted molar refractivity (Wildman–Crippen MR) is 28.6 cm³/mol. The Morgan fingerprint density at radius 1 is 1.62 bits per heavy atom. The van der Waals surface area contributed by atoms with Gasteiger partial charge in [0.15, 0.2) is 0 Å². The van der Waals surface area contributed by atoms with Crippen LogP contribution in [0.25, 0.3) is 0 Å². The number of hydrogen-bond acceptors (Lipinski definition) is 3. The molecule has 0 bridgehead atoms. The van der Waals surface area contributed by atoms with Gasteiger partial charge >= 0.3 is 10.4 Å². The molecule has 1 N–H and O–H groups in total. The molecule has 6 heteroatoms. The van der Waals surface area contributed by atoms with Crippen LogP contribution in [0, 0.1) is 0 Å². The van der Waals surface area contributed by atoms with Crippen molar-refractivity contribution in [2.75, 3.05) is 0 Å². The summed E-state index contributed by atoms with van der Waals surface area (Å²) in [6, 6.07) is 0. The zero-order valence-electron chi connectivity index (χ0n) is 4.36. The summed E-state index contributed by atoms with van der Waals surface area (Å²) in [5.41, 5.74) is 0. The van der Waals surface area contributed by atoms with Gasteiger partial charge in [-0.05, 0) is 0 Å². The molecule has 0 fully saturated rings. The summed E-state index contributed by atoms with van der Waals surface area (Å²) in [6.07, 6.45) is 0.620. The van der Waals surface area contributed by atoms with Crippen LogP contribution in [0.2, 0.25) is 0 Å². The van der Waals surface area contributed by atoms with Crippen molar-refractivity contribution >= 4 is 40.0 Å². The fourth-order valence-electron chi connectivity index (χ4n) is 0.0860. The van der Waals surface area contributed by atoms with Crippen LogP contribution < -0.4 is 0 Å². The summed E-state index contributed by atoms with van der Waals surface area (Å²) >= 11 is 0. The van der Waals surface area contributed by atoms with E-state index in [-0.39, 0.29) is 29.6 Å². The Balaban J connectivity index is 0. The van der Waals surface area contributed by atoms with E-state index in [2.05, 4.69) is 10.8 Å². The first-order valence-corrected chi connectivity index (χ1v) is 2.69. The van der Waals surface area contributed by atoms with E-state index in [0.717, 1.165) is 0 Å². The fourth-order valence-corrected chi connectivity index (χ4v) is 0.258. The first kappa shape index (κ1) is 11.3. The van der Waals surface area contributed by atoms with Gasteiger partial charge in [0.05, 0.1) is 0 Å². The van der Waals surface area contributed by atoms with Crippen LogP contribution in [-0.2, 0) is 14.6 Å². The second kappa shape index (κ2) is 4.34. The van der Waals surface area contributed by atoms with Gasteiger partial charge in [-0.2, -0.15) is 8.42 Å². The van der Waals surface area contributed by atoms with Crippen molar-refractivity contribution in [3.05, 3.63) is 12.8 Å². The summed E-state index contributed by atoms with van der Waals surface area (Å²) in [6.45, 7) is 2.88. The molecule has 0 aliphatic rings. The minimum absolute atomic E-state index is 0.